The maximum Gasteiger partial charge on any atom is 0.118 e. The van der Waals surface area contributed by atoms with Gasteiger partial charge in [0.1, 0.15) is 5.60 Å². The number of nitrogens with one attached hydrogen (secondary N) is 1. The highest BCUT2D eigenvalue weighted by Gasteiger charge is 2.39. The lowest BCUT2D eigenvalue weighted by molar-refractivity contribution is -0.129. The van der Waals surface area contributed by atoms with E-state index in [-0.39, 0.29) is 5.60 Å². The molecule has 0 aromatic heterocycles. The predicted octanol–water partition coefficient (Wildman–Crippen LogP) is 2.71. The summed E-state index contributed by atoms with van der Waals surface area (Å²) in [5, 5.41) is 3.62. The Morgan fingerprint density at radius 3 is 2.84 bits per heavy atom. The van der Waals surface area contributed by atoms with Crippen LogP contribution < -0.4 is 5.32 Å². The first-order valence-corrected chi connectivity index (χ1v) is 7.22. The predicted molar refractivity (Wildman–Crippen MR) is 77.3 cm³/mol. The zero-order valence-corrected chi connectivity index (χ0v) is 12.0. The summed E-state index contributed by atoms with van der Waals surface area (Å²) in [6.07, 6.45) is 3.23. The van der Waals surface area contributed by atoms with Gasteiger partial charge < -0.3 is 14.8 Å². The van der Waals surface area contributed by atoms with Gasteiger partial charge in [0.25, 0.3) is 0 Å². The van der Waals surface area contributed by atoms with Crippen molar-refractivity contribution in [1.29, 1.82) is 0 Å². The van der Waals surface area contributed by atoms with Crippen LogP contribution in [0.1, 0.15) is 31.7 Å². The Labute approximate surface area is 116 Å². The Hall–Kier alpha value is -0.900. The molecule has 1 heterocycles. The van der Waals surface area contributed by atoms with Crippen LogP contribution in [0.25, 0.3) is 0 Å². The van der Waals surface area contributed by atoms with Gasteiger partial charge in [-0.1, -0.05) is 37.3 Å². The van der Waals surface area contributed by atoms with Gasteiger partial charge in [-0.25, -0.2) is 0 Å². The fourth-order valence-corrected chi connectivity index (χ4v) is 2.84. The molecule has 2 atom stereocenters. The van der Waals surface area contributed by atoms with E-state index in [2.05, 4.69) is 36.5 Å². The van der Waals surface area contributed by atoms with Gasteiger partial charge in [0.05, 0.1) is 6.61 Å². The molecule has 0 aliphatic carbocycles. The Morgan fingerprint density at radius 1 is 1.37 bits per heavy atom. The van der Waals surface area contributed by atoms with Crippen LogP contribution in [0.2, 0.25) is 0 Å². The van der Waals surface area contributed by atoms with Crippen molar-refractivity contribution in [2.45, 2.75) is 37.8 Å². The monoisotopic (exact) mass is 263 g/mol. The molecule has 1 aromatic carbocycles. The Bertz CT molecular complexity index is 364. The third-order valence-electron chi connectivity index (χ3n) is 3.78. The normalized spacial score (nSPS) is 27.4. The van der Waals surface area contributed by atoms with Crippen molar-refractivity contribution in [2.24, 2.45) is 0 Å². The van der Waals surface area contributed by atoms with Crippen molar-refractivity contribution < 1.29 is 9.47 Å². The minimum atomic E-state index is -0.292. The largest absolute Gasteiger partial charge is 0.381 e. The van der Waals surface area contributed by atoms with Crippen molar-refractivity contribution in [3.8, 4) is 0 Å². The van der Waals surface area contributed by atoms with Crippen LogP contribution in [0.5, 0.6) is 0 Å². The maximum atomic E-state index is 6.14. The smallest absolute Gasteiger partial charge is 0.118 e. The maximum absolute atomic E-state index is 6.14. The molecular weight excluding hydrogens is 238 g/mol. The molecule has 1 saturated heterocycles. The van der Waals surface area contributed by atoms with E-state index < -0.39 is 0 Å². The molecule has 0 spiro atoms. The SMILES string of the molecule is CCCNC1CCOC(COC)(c2ccccc2)C1. The summed E-state index contributed by atoms with van der Waals surface area (Å²) < 4.78 is 11.6. The Morgan fingerprint density at radius 2 is 2.16 bits per heavy atom. The van der Waals surface area contributed by atoms with Gasteiger partial charge in [-0.15, -0.1) is 0 Å². The first-order chi connectivity index (χ1) is 9.30. The van der Waals surface area contributed by atoms with Crippen molar-refractivity contribution in [3.63, 3.8) is 0 Å². The number of benzene rings is 1. The van der Waals surface area contributed by atoms with Crippen molar-refractivity contribution in [2.75, 3.05) is 26.9 Å². The van der Waals surface area contributed by atoms with Crippen LogP contribution >= 0.6 is 0 Å². The third-order valence-corrected chi connectivity index (χ3v) is 3.78. The summed E-state index contributed by atoms with van der Waals surface area (Å²) >= 11 is 0. The second-order valence-electron chi connectivity index (χ2n) is 5.29. The van der Waals surface area contributed by atoms with E-state index in [1.165, 1.54) is 12.0 Å². The third kappa shape index (κ3) is 3.56. The summed E-state index contributed by atoms with van der Waals surface area (Å²) in [6, 6.07) is 11.0. The average Bonchev–Trinajstić information content (AvgIpc) is 2.47. The zero-order chi connectivity index (χ0) is 13.6. The van der Waals surface area contributed by atoms with Crippen LogP contribution in [-0.2, 0) is 15.1 Å². The molecule has 3 nitrogen and oxygen atoms in total. The fourth-order valence-electron chi connectivity index (χ4n) is 2.84. The highest BCUT2D eigenvalue weighted by molar-refractivity contribution is 5.24. The summed E-state index contributed by atoms with van der Waals surface area (Å²) in [5.74, 6) is 0. The van der Waals surface area contributed by atoms with E-state index in [0.717, 1.165) is 26.0 Å². The molecule has 1 aromatic rings. The Balaban J connectivity index is 2.14. The van der Waals surface area contributed by atoms with Crippen molar-refractivity contribution >= 4 is 0 Å². The number of hydrogen-bond acceptors (Lipinski definition) is 3. The number of methoxy groups -OCH3 is 1. The summed E-state index contributed by atoms with van der Waals surface area (Å²) in [6.45, 7) is 4.68. The van der Waals surface area contributed by atoms with E-state index in [0.29, 0.717) is 12.6 Å². The molecule has 1 aliphatic heterocycles. The molecule has 0 saturated carbocycles. The van der Waals surface area contributed by atoms with E-state index >= 15 is 0 Å². The number of ether oxygens (including phenoxy) is 2. The van der Waals surface area contributed by atoms with Crippen LogP contribution in [0.3, 0.4) is 0 Å². The van der Waals surface area contributed by atoms with Crippen molar-refractivity contribution in [1.82, 2.24) is 5.32 Å². The average molecular weight is 263 g/mol. The van der Waals surface area contributed by atoms with Gasteiger partial charge in [-0.3, -0.25) is 0 Å². The highest BCUT2D eigenvalue weighted by Crippen LogP contribution is 2.35. The number of hydrogen-bond donors (Lipinski definition) is 1. The first-order valence-electron chi connectivity index (χ1n) is 7.22. The van der Waals surface area contributed by atoms with Crippen molar-refractivity contribution in [3.05, 3.63) is 35.9 Å². The topological polar surface area (TPSA) is 30.5 Å². The molecule has 0 bridgehead atoms. The molecule has 3 heteroatoms. The summed E-state index contributed by atoms with van der Waals surface area (Å²) in [7, 11) is 1.75. The van der Waals surface area contributed by atoms with Gasteiger partial charge in [0.15, 0.2) is 0 Å². The van der Waals surface area contributed by atoms with Gasteiger partial charge in [-0.2, -0.15) is 0 Å². The standard InChI is InChI=1S/C16H25NO2/c1-3-10-17-15-9-11-19-16(12-15,13-18-2)14-7-5-4-6-8-14/h4-8,15,17H,3,9-13H2,1-2H3. The fraction of sp³-hybridized carbons (Fsp3) is 0.625. The molecule has 2 unspecified atom stereocenters. The molecule has 1 aliphatic rings. The molecule has 1 fully saturated rings. The summed E-state index contributed by atoms with van der Waals surface area (Å²) in [5.41, 5.74) is 0.930. The van der Waals surface area contributed by atoms with E-state index in [4.69, 9.17) is 9.47 Å². The van der Waals surface area contributed by atoms with Crippen LogP contribution in [0.4, 0.5) is 0 Å². The molecule has 0 amide bonds. The van der Waals surface area contributed by atoms with E-state index in [1.807, 2.05) is 6.07 Å². The molecular formula is C16H25NO2. The lowest BCUT2D eigenvalue weighted by atomic mass is 9.84. The molecule has 19 heavy (non-hydrogen) atoms. The molecule has 0 radical (unpaired) electrons. The van der Waals surface area contributed by atoms with Crippen LogP contribution in [0, 0.1) is 0 Å². The second-order valence-corrected chi connectivity index (χ2v) is 5.29. The first kappa shape index (κ1) is 14.5. The van der Waals surface area contributed by atoms with E-state index in [1.54, 1.807) is 7.11 Å². The van der Waals surface area contributed by atoms with Gasteiger partial charge in [0, 0.05) is 19.8 Å². The quantitative estimate of drug-likeness (QED) is 0.856. The summed E-state index contributed by atoms with van der Waals surface area (Å²) in [4.78, 5) is 0. The van der Waals surface area contributed by atoms with E-state index in [9.17, 15) is 0 Å². The van der Waals surface area contributed by atoms with Crippen LogP contribution in [0.15, 0.2) is 30.3 Å². The van der Waals surface area contributed by atoms with Gasteiger partial charge >= 0.3 is 0 Å². The lowest BCUT2D eigenvalue weighted by Gasteiger charge is -2.41. The lowest BCUT2D eigenvalue weighted by Crippen LogP contribution is -2.47. The minimum Gasteiger partial charge on any atom is -0.381 e. The van der Waals surface area contributed by atoms with Gasteiger partial charge in [-0.05, 0) is 31.4 Å². The number of rotatable bonds is 6. The van der Waals surface area contributed by atoms with Gasteiger partial charge in [0.2, 0.25) is 0 Å². The molecule has 1 N–H and O–H groups in total. The second kappa shape index (κ2) is 7.04. The zero-order valence-electron chi connectivity index (χ0n) is 12.0. The molecule has 2 rings (SSSR count). The van der Waals surface area contributed by atoms with Crippen LogP contribution in [-0.4, -0.2) is 32.9 Å². The minimum absolute atomic E-state index is 0.292. The molecule has 106 valence electrons. The Kier molecular flexibility index (Phi) is 5.37. The highest BCUT2D eigenvalue weighted by atomic mass is 16.5.